The molecule has 0 aliphatic rings. The van der Waals surface area contributed by atoms with Gasteiger partial charge in [0.2, 0.25) is 10.0 Å². The van der Waals surface area contributed by atoms with Gasteiger partial charge in [-0.15, -0.1) is 0 Å². The molecule has 0 bridgehead atoms. The van der Waals surface area contributed by atoms with Gasteiger partial charge in [-0.1, -0.05) is 0 Å². The smallest absolute Gasteiger partial charge is 0.312 e. The minimum absolute atomic E-state index is 0.0651. The molecule has 0 saturated heterocycles. The Kier molecular flexibility index (Phi) is 4.30. The van der Waals surface area contributed by atoms with Gasteiger partial charge in [-0.2, -0.15) is 0 Å². The normalized spacial score (nSPS) is 11.1. The second-order valence-electron chi connectivity index (χ2n) is 3.26. The van der Waals surface area contributed by atoms with Gasteiger partial charge in [0.25, 0.3) is 0 Å². The van der Waals surface area contributed by atoms with E-state index in [1.807, 2.05) is 0 Å². The molecule has 7 nitrogen and oxygen atoms in total. The third-order valence-corrected chi connectivity index (χ3v) is 3.38. The van der Waals surface area contributed by atoms with Crippen molar-refractivity contribution in [2.24, 2.45) is 5.73 Å². The fourth-order valence-corrected chi connectivity index (χ4v) is 2.13. The number of primary amides is 1. The number of rotatable bonds is 5. The molecule has 0 heterocycles. The van der Waals surface area contributed by atoms with Crippen LogP contribution < -0.4 is 21.5 Å². The van der Waals surface area contributed by atoms with Gasteiger partial charge in [0.05, 0.1) is 4.90 Å². The number of nitrogens with two attached hydrogens (primary N) is 2. The zero-order valence-corrected chi connectivity index (χ0v) is 9.83. The number of carbonyl (C=O) groups excluding carboxylic acids is 1. The van der Waals surface area contributed by atoms with Gasteiger partial charge in [-0.05, 0) is 24.3 Å². The van der Waals surface area contributed by atoms with Crippen LogP contribution in [0.5, 0.6) is 0 Å². The zero-order valence-electron chi connectivity index (χ0n) is 9.01. The SMILES string of the molecule is NC(=O)NCCNS(=O)(=O)c1ccc(N)cc1. The first-order valence-electron chi connectivity index (χ1n) is 4.80. The minimum Gasteiger partial charge on any atom is -0.399 e. The highest BCUT2D eigenvalue weighted by Crippen LogP contribution is 2.10. The Balaban J connectivity index is 2.57. The summed E-state index contributed by atoms with van der Waals surface area (Å²) >= 11 is 0. The molecule has 6 N–H and O–H groups in total. The summed E-state index contributed by atoms with van der Waals surface area (Å²) < 4.78 is 25.7. The maximum absolute atomic E-state index is 11.7. The monoisotopic (exact) mass is 258 g/mol. The molecule has 0 aliphatic heterocycles. The molecule has 0 aromatic heterocycles. The van der Waals surface area contributed by atoms with E-state index in [1.54, 1.807) is 0 Å². The third-order valence-electron chi connectivity index (χ3n) is 1.91. The molecule has 0 unspecified atom stereocenters. The summed E-state index contributed by atoms with van der Waals surface area (Å²) in [5, 5.41) is 2.27. The number of nitrogen functional groups attached to an aromatic ring is 1. The van der Waals surface area contributed by atoms with Gasteiger partial charge in [0, 0.05) is 18.8 Å². The molecule has 0 spiro atoms. The number of nitrogens with one attached hydrogen (secondary N) is 2. The van der Waals surface area contributed by atoms with Crippen molar-refractivity contribution in [3.05, 3.63) is 24.3 Å². The van der Waals surface area contributed by atoms with Gasteiger partial charge in [0.15, 0.2) is 0 Å². The molecular formula is C9H14N4O3S. The van der Waals surface area contributed by atoms with Crippen LogP contribution in [0, 0.1) is 0 Å². The predicted octanol–water partition coefficient (Wildman–Crippen LogP) is -0.785. The Morgan fingerprint density at radius 1 is 1.18 bits per heavy atom. The van der Waals surface area contributed by atoms with E-state index >= 15 is 0 Å². The lowest BCUT2D eigenvalue weighted by Gasteiger charge is -2.07. The molecular weight excluding hydrogens is 244 g/mol. The fraction of sp³-hybridized carbons (Fsp3) is 0.222. The molecule has 1 rings (SSSR count). The summed E-state index contributed by atoms with van der Waals surface area (Å²) in [6.07, 6.45) is 0. The molecule has 0 atom stereocenters. The Bertz CT molecular complexity index is 483. The van der Waals surface area contributed by atoms with Crippen LogP contribution in [0.25, 0.3) is 0 Å². The molecule has 0 radical (unpaired) electrons. The van der Waals surface area contributed by atoms with Crippen LogP contribution in [0.4, 0.5) is 10.5 Å². The van der Waals surface area contributed by atoms with Crippen molar-refractivity contribution in [1.29, 1.82) is 0 Å². The van der Waals surface area contributed by atoms with Gasteiger partial charge in [-0.3, -0.25) is 0 Å². The van der Waals surface area contributed by atoms with E-state index in [9.17, 15) is 13.2 Å². The number of benzene rings is 1. The highest BCUT2D eigenvalue weighted by Gasteiger charge is 2.12. The molecule has 2 amide bonds. The van der Waals surface area contributed by atoms with Crippen LogP contribution in [0.1, 0.15) is 0 Å². The number of anilines is 1. The molecule has 0 saturated carbocycles. The van der Waals surface area contributed by atoms with E-state index in [0.717, 1.165) is 0 Å². The topological polar surface area (TPSA) is 127 Å². The summed E-state index contributed by atoms with van der Waals surface area (Å²) in [6, 6.07) is 5.10. The molecule has 94 valence electrons. The Hall–Kier alpha value is -1.80. The number of carbonyl (C=O) groups is 1. The molecule has 1 aromatic rings. The zero-order chi connectivity index (χ0) is 12.9. The van der Waals surface area contributed by atoms with E-state index in [1.165, 1.54) is 24.3 Å². The van der Waals surface area contributed by atoms with Crippen molar-refractivity contribution >= 4 is 21.7 Å². The first-order valence-corrected chi connectivity index (χ1v) is 6.28. The third kappa shape index (κ3) is 4.29. The average Bonchev–Trinajstić information content (AvgIpc) is 2.25. The molecule has 1 aromatic carbocycles. The summed E-state index contributed by atoms with van der Waals surface area (Å²) in [5.74, 6) is 0. The van der Waals surface area contributed by atoms with Gasteiger partial charge >= 0.3 is 6.03 Å². The van der Waals surface area contributed by atoms with E-state index in [0.29, 0.717) is 5.69 Å². The number of sulfonamides is 1. The largest absolute Gasteiger partial charge is 0.399 e. The van der Waals surface area contributed by atoms with E-state index in [4.69, 9.17) is 11.5 Å². The second kappa shape index (κ2) is 5.51. The summed E-state index contributed by atoms with van der Waals surface area (Å²) in [5.41, 5.74) is 10.8. The van der Waals surface area contributed by atoms with Crippen molar-refractivity contribution < 1.29 is 13.2 Å². The number of amides is 2. The summed E-state index contributed by atoms with van der Waals surface area (Å²) in [6.45, 7) is 0.194. The van der Waals surface area contributed by atoms with Gasteiger partial charge < -0.3 is 16.8 Å². The first kappa shape index (κ1) is 13.3. The van der Waals surface area contributed by atoms with Crippen LogP contribution in [-0.4, -0.2) is 27.5 Å². The quantitative estimate of drug-likeness (QED) is 0.408. The maximum Gasteiger partial charge on any atom is 0.312 e. The maximum atomic E-state index is 11.7. The number of hydrogen-bond acceptors (Lipinski definition) is 4. The van der Waals surface area contributed by atoms with Crippen molar-refractivity contribution in [3.8, 4) is 0 Å². The van der Waals surface area contributed by atoms with Crippen LogP contribution in [-0.2, 0) is 10.0 Å². The van der Waals surface area contributed by atoms with Crippen molar-refractivity contribution in [2.45, 2.75) is 4.90 Å². The highest BCUT2D eigenvalue weighted by atomic mass is 32.2. The molecule has 8 heteroatoms. The minimum atomic E-state index is -3.57. The number of hydrogen-bond donors (Lipinski definition) is 4. The lowest BCUT2D eigenvalue weighted by Crippen LogP contribution is -2.37. The van der Waals surface area contributed by atoms with Crippen LogP contribution >= 0.6 is 0 Å². The van der Waals surface area contributed by atoms with Crippen LogP contribution in [0.15, 0.2) is 29.2 Å². The van der Waals surface area contributed by atoms with Gasteiger partial charge in [0.1, 0.15) is 0 Å². The standard InChI is InChI=1S/C9H14N4O3S/c10-7-1-3-8(4-2-7)17(15,16)13-6-5-12-9(11)14/h1-4,13H,5-6,10H2,(H3,11,12,14). The lowest BCUT2D eigenvalue weighted by atomic mass is 10.3. The van der Waals surface area contributed by atoms with Crippen molar-refractivity contribution in [3.63, 3.8) is 0 Å². The Labute approximate surface area is 99.2 Å². The second-order valence-corrected chi connectivity index (χ2v) is 5.02. The predicted molar refractivity (Wildman–Crippen MR) is 63.6 cm³/mol. The Morgan fingerprint density at radius 2 is 1.76 bits per heavy atom. The fourth-order valence-electron chi connectivity index (χ4n) is 1.10. The van der Waals surface area contributed by atoms with E-state index in [2.05, 4.69) is 10.0 Å². The molecule has 0 aliphatic carbocycles. The van der Waals surface area contributed by atoms with E-state index < -0.39 is 16.1 Å². The highest BCUT2D eigenvalue weighted by molar-refractivity contribution is 7.89. The first-order chi connectivity index (χ1) is 7.92. The van der Waals surface area contributed by atoms with Gasteiger partial charge in [-0.25, -0.2) is 17.9 Å². The van der Waals surface area contributed by atoms with Crippen molar-refractivity contribution in [2.75, 3.05) is 18.8 Å². The average molecular weight is 258 g/mol. The Morgan fingerprint density at radius 3 is 2.29 bits per heavy atom. The lowest BCUT2D eigenvalue weighted by molar-refractivity contribution is 0.249. The van der Waals surface area contributed by atoms with E-state index in [-0.39, 0.29) is 18.0 Å². The molecule has 17 heavy (non-hydrogen) atoms. The van der Waals surface area contributed by atoms with Crippen molar-refractivity contribution in [1.82, 2.24) is 10.0 Å². The number of urea groups is 1. The molecule has 0 fully saturated rings. The summed E-state index contributed by atoms with van der Waals surface area (Å²) in [4.78, 5) is 10.5. The van der Waals surface area contributed by atoms with Crippen LogP contribution in [0.3, 0.4) is 0 Å². The van der Waals surface area contributed by atoms with Crippen LogP contribution in [0.2, 0.25) is 0 Å². The summed E-state index contributed by atoms with van der Waals surface area (Å²) in [7, 11) is -3.57.